The fourth-order valence-corrected chi connectivity index (χ4v) is 7.75. The van der Waals surface area contributed by atoms with Gasteiger partial charge < -0.3 is 67.3 Å². The highest BCUT2D eigenvalue weighted by molar-refractivity contribution is 5.81. The van der Waals surface area contributed by atoms with Gasteiger partial charge >= 0.3 is 53.8 Å². The summed E-state index contributed by atoms with van der Waals surface area (Å²) in [6, 6.07) is 13.3. The molecule has 2 N–H and O–H groups in total. The number of carbonyl (C=O) groups excluding carboxylic acids is 8. The van der Waals surface area contributed by atoms with Crippen LogP contribution >= 0.6 is 0 Å². The maximum atomic E-state index is 13.2. The molecule has 0 unspecified atom stereocenters. The molecule has 2 aromatic carbocycles. The lowest BCUT2D eigenvalue weighted by Gasteiger charge is -2.48. The molecule has 23 heteroatoms. The first-order valence-electron chi connectivity index (χ1n) is 20.8. The number of hydrogen-bond acceptors (Lipinski definition) is 21. The van der Waals surface area contributed by atoms with Crippen LogP contribution < -0.4 is 5.32 Å². The summed E-state index contributed by atoms with van der Waals surface area (Å²) in [7, 11) is 0. The Balaban J connectivity index is 1.43. The van der Waals surface area contributed by atoms with Gasteiger partial charge in [-0.2, -0.15) is 0 Å². The average molecular weight is 946 g/mol. The van der Waals surface area contributed by atoms with E-state index in [1.165, 1.54) is 0 Å². The lowest BCUT2D eigenvalue weighted by molar-refractivity contribution is -0.361. The molecule has 5 rings (SSSR count). The number of nitrogens with one attached hydrogen (secondary N) is 1. The van der Waals surface area contributed by atoms with Gasteiger partial charge in [0.25, 0.3) is 0 Å². The molecule has 0 bridgehead atoms. The van der Waals surface area contributed by atoms with Crippen molar-refractivity contribution in [3.05, 3.63) is 59.7 Å². The number of fused-ring (bicyclic) bond motifs is 3. The highest BCUT2D eigenvalue weighted by atomic mass is 16.8. The Labute approximate surface area is 382 Å². The largest absolute Gasteiger partial charge is 0.480 e. The van der Waals surface area contributed by atoms with Crippen molar-refractivity contribution in [2.45, 2.75) is 122 Å². The first-order chi connectivity index (χ1) is 31.7. The molecule has 0 radical (unpaired) electrons. The number of carbonyl (C=O) groups is 9. The van der Waals surface area contributed by atoms with Gasteiger partial charge in [-0.1, -0.05) is 48.5 Å². The molecule has 0 spiro atoms. The molecular weight excluding hydrogens is 894 g/mol. The van der Waals surface area contributed by atoms with E-state index in [1.54, 1.807) is 0 Å². The molecule has 3 aliphatic rings. The van der Waals surface area contributed by atoms with E-state index in [2.05, 4.69) is 5.32 Å². The summed E-state index contributed by atoms with van der Waals surface area (Å²) >= 11 is 0. The minimum absolute atomic E-state index is 0.157. The number of benzene rings is 2. The minimum Gasteiger partial charge on any atom is -0.480 e. The van der Waals surface area contributed by atoms with E-state index in [0.29, 0.717) is 0 Å². The maximum absolute atomic E-state index is 13.2. The van der Waals surface area contributed by atoms with Gasteiger partial charge in [-0.05, 0) is 22.3 Å². The van der Waals surface area contributed by atoms with Crippen LogP contribution in [0.2, 0.25) is 0 Å². The second-order valence-corrected chi connectivity index (χ2v) is 15.4. The van der Waals surface area contributed by atoms with Crippen molar-refractivity contribution in [3.63, 3.8) is 0 Å². The van der Waals surface area contributed by atoms with Gasteiger partial charge in [0.2, 0.25) is 0 Å². The van der Waals surface area contributed by atoms with Crippen molar-refractivity contribution >= 4 is 53.8 Å². The molecular formula is C44H51NO22. The zero-order valence-corrected chi connectivity index (χ0v) is 37.4. The summed E-state index contributed by atoms with van der Waals surface area (Å²) in [6.07, 6.45) is -18.6. The zero-order chi connectivity index (χ0) is 49.1. The normalized spacial score (nSPS) is 25.7. The Morgan fingerprint density at radius 2 is 0.940 bits per heavy atom. The van der Waals surface area contributed by atoms with Gasteiger partial charge in [0.05, 0.1) is 6.61 Å². The lowest BCUT2D eigenvalue weighted by Crippen LogP contribution is -2.67. The monoisotopic (exact) mass is 945 g/mol. The number of carboxylic acid groups (broad SMARTS) is 1. The summed E-state index contributed by atoms with van der Waals surface area (Å²) in [6.45, 7) is 4.63. The number of alkyl carbamates (subject to hydrolysis) is 1. The van der Waals surface area contributed by atoms with Crippen LogP contribution in [0.25, 0.3) is 11.1 Å². The molecule has 2 fully saturated rings. The molecule has 0 saturated carbocycles. The molecule has 1 amide bonds. The first kappa shape index (κ1) is 51.3. The predicted molar refractivity (Wildman–Crippen MR) is 219 cm³/mol. The second-order valence-electron chi connectivity index (χ2n) is 15.4. The Morgan fingerprint density at radius 3 is 1.42 bits per heavy atom. The number of carboxylic acids is 1. The van der Waals surface area contributed by atoms with Crippen LogP contribution in [-0.2, 0) is 95.2 Å². The molecule has 0 aromatic heterocycles. The van der Waals surface area contributed by atoms with E-state index in [4.69, 9.17) is 56.8 Å². The summed E-state index contributed by atoms with van der Waals surface area (Å²) < 4.78 is 67.7. The highest BCUT2D eigenvalue weighted by Crippen LogP contribution is 2.44. The molecule has 364 valence electrons. The number of esters is 7. The number of rotatable bonds is 18. The van der Waals surface area contributed by atoms with Gasteiger partial charge in [0.15, 0.2) is 49.1 Å². The van der Waals surface area contributed by atoms with Crippen LogP contribution in [0.5, 0.6) is 0 Å². The zero-order valence-electron chi connectivity index (χ0n) is 37.4. The summed E-state index contributed by atoms with van der Waals surface area (Å²) in [5, 5.41) is 12.4. The van der Waals surface area contributed by atoms with Crippen LogP contribution in [0.15, 0.2) is 48.5 Å². The van der Waals surface area contributed by atoms with Crippen molar-refractivity contribution in [2.75, 3.05) is 26.4 Å². The second kappa shape index (κ2) is 23.2. The standard InChI is InChI=1S/C44H51NO22/c1-20(46)56-18-33-35(60-22(3)48)37(61-23(4)49)40(64-26(7)52)43(66-33)67-36-34(19-57-21(2)47)65-42(39(63-25(6)51)38(36)62-24(5)50)58-17-32(41(53)54)45-44(55)59-16-31-29-14-10-8-12-27(29)28-13-9-11-15-30(28)31/h8-15,31-40,42-43H,16-19H2,1-7H3,(H,45,55)(H,53,54)/t32-,33-,34-,35-,36+,37+,38+,39+,40-,42+,43+/m0/s1. The molecule has 1 aliphatic carbocycles. The van der Waals surface area contributed by atoms with Gasteiger partial charge in [-0.3, -0.25) is 33.6 Å². The Bertz CT molecular complexity index is 2130. The van der Waals surface area contributed by atoms with Gasteiger partial charge in [-0.15, -0.1) is 0 Å². The molecule has 2 saturated heterocycles. The fraction of sp³-hybridized carbons (Fsp3) is 0.523. The van der Waals surface area contributed by atoms with Crippen LogP contribution in [0.4, 0.5) is 4.79 Å². The SMILES string of the molecule is CC(=O)OC[C@@H]1O[C@H](O[C@H]2[C@@H](OC(C)=O)[C@@H](OC(C)=O)[C@H](OC[C@H](NC(=O)OCC3c4ccccc4-c4ccccc43)C(=O)O)O[C@H]2COC(C)=O)[C@@H](OC(C)=O)[C@H](OC(C)=O)[C@H]1OC(C)=O. The predicted octanol–water partition coefficient (Wildman–Crippen LogP) is 1.61. The quantitative estimate of drug-likeness (QED) is 0.158. The van der Waals surface area contributed by atoms with Crippen molar-refractivity contribution in [1.29, 1.82) is 0 Å². The molecule has 23 nitrogen and oxygen atoms in total. The molecule has 67 heavy (non-hydrogen) atoms. The maximum Gasteiger partial charge on any atom is 0.407 e. The number of ether oxygens (including phenoxy) is 12. The summed E-state index contributed by atoms with van der Waals surface area (Å²) in [4.78, 5) is 112. The van der Waals surface area contributed by atoms with Crippen LogP contribution in [0.1, 0.15) is 65.5 Å². The van der Waals surface area contributed by atoms with E-state index in [9.17, 15) is 48.3 Å². The number of hydrogen-bond donors (Lipinski definition) is 2. The molecule has 2 aliphatic heterocycles. The Kier molecular flexibility index (Phi) is 17.7. The van der Waals surface area contributed by atoms with Gasteiger partial charge in [0.1, 0.15) is 38.1 Å². The third kappa shape index (κ3) is 13.7. The van der Waals surface area contributed by atoms with Crippen molar-refractivity contribution < 1.29 is 105 Å². The summed E-state index contributed by atoms with van der Waals surface area (Å²) in [5.41, 5.74) is 3.73. The van der Waals surface area contributed by atoms with E-state index >= 15 is 0 Å². The highest BCUT2D eigenvalue weighted by Gasteiger charge is 2.58. The van der Waals surface area contributed by atoms with Crippen LogP contribution in [0.3, 0.4) is 0 Å². The third-order valence-corrected chi connectivity index (χ3v) is 10.2. The van der Waals surface area contributed by atoms with E-state index in [1.807, 2.05) is 48.5 Å². The van der Waals surface area contributed by atoms with Crippen molar-refractivity contribution in [3.8, 4) is 11.1 Å². The smallest absolute Gasteiger partial charge is 0.407 e. The molecule has 2 aromatic rings. The third-order valence-electron chi connectivity index (χ3n) is 10.2. The molecule has 2 heterocycles. The Morgan fingerprint density at radius 1 is 0.522 bits per heavy atom. The van der Waals surface area contributed by atoms with E-state index < -0.39 is 141 Å². The van der Waals surface area contributed by atoms with Crippen molar-refractivity contribution in [1.82, 2.24) is 5.32 Å². The fourth-order valence-electron chi connectivity index (χ4n) is 7.75. The van der Waals surface area contributed by atoms with Gasteiger partial charge in [-0.25, -0.2) is 9.59 Å². The van der Waals surface area contributed by atoms with E-state index in [0.717, 1.165) is 70.7 Å². The summed E-state index contributed by atoms with van der Waals surface area (Å²) in [5.74, 6) is -8.47. The topological polar surface area (TPSA) is 297 Å². The number of amides is 1. The molecule has 11 atom stereocenters. The minimum atomic E-state index is -1.93. The van der Waals surface area contributed by atoms with Crippen molar-refractivity contribution in [2.24, 2.45) is 0 Å². The van der Waals surface area contributed by atoms with Crippen LogP contribution in [-0.4, -0.2) is 153 Å². The Hall–Kier alpha value is -6.69. The first-order valence-corrected chi connectivity index (χ1v) is 20.8. The average Bonchev–Trinajstić information content (AvgIpc) is 3.56. The van der Waals surface area contributed by atoms with E-state index in [-0.39, 0.29) is 12.5 Å². The lowest BCUT2D eigenvalue weighted by atomic mass is 9.96. The van der Waals surface area contributed by atoms with Crippen LogP contribution in [0, 0.1) is 0 Å². The number of aliphatic carboxylic acids is 1. The van der Waals surface area contributed by atoms with Gasteiger partial charge in [0, 0.05) is 54.4 Å².